The number of hydrogen-bond donors (Lipinski definition) is 2. The minimum atomic E-state index is -1.18. The molecule has 94 valence electrons. The van der Waals surface area contributed by atoms with Crippen LogP contribution in [0.4, 0.5) is 4.39 Å². The van der Waals surface area contributed by atoms with E-state index in [2.05, 4.69) is 0 Å². The van der Waals surface area contributed by atoms with E-state index in [1.165, 1.54) is 20.3 Å². The van der Waals surface area contributed by atoms with Crippen LogP contribution in [0.3, 0.4) is 0 Å². The number of halogens is 1. The van der Waals surface area contributed by atoms with Gasteiger partial charge in [0.2, 0.25) is 0 Å². The molecule has 3 N–H and O–H groups in total. The van der Waals surface area contributed by atoms with Crippen LogP contribution < -0.4 is 15.2 Å². The Kier molecular flexibility index (Phi) is 4.28. The van der Waals surface area contributed by atoms with Gasteiger partial charge in [-0.1, -0.05) is 0 Å². The first-order chi connectivity index (χ1) is 7.99. The number of nitrogens with two attached hydrogens (primary N) is 1. The van der Waals surface area contributed by atoms with Crippen LogP contribution in [0.2, 0.25) is 0 Å². The van der Waals surface area contributed by atoms with E-state index in [1.807, 2.05) is 0 Å². The summed E-state index contributed by atoms with van der Waals surface area (Å²) in [5.41, 5.74) is 5.52. The highest BCUT2D eigenvalue weighted by atomic mass is 19.1. The lowest BCUT2D eigenvalue weighted by atomic mass is 10.1. The number of carbonyl (C=O) groups is 1. The number of ether oxygens (including phenoxy) is 2. The van der Waals surface area contributed by atoms with Gasteiger partial charge in [-0.05, 0) is 11.6 Å². The molecule has 17 heavy (non-hydrogen) atoms. The van der Waals surface area contributed by atoms with Crippen LogP contribution >= 0.6 is 0 Å². The summed E-state index contributed by atoms with van der Waals surface area (Å²) >= 11 is 0. The van der Waals surface area contributed by atoms with Crippen molar-refractivity contribution in [1.29, 1.82) is 0 Å². The molecule has 0 aliphatic carbocycles. The van der Waals surface area contributed by atoms with Gasteiger partial charge in [0.1, 0.15) is 11.9 Å². The molecule has 0 bridgehead atoms. The summed E-state index contributed by atoms with van der Waals surface area (Å²) in [6.45, 7) is 0. The first-order valence-corrected chi connectivity index (χ1v) is 4.88. The average molecular weight is 243 g/mol. The highest BCUT2D eigenvalue weighted by Crippen LogP contribution is 2.30. The zero-order valence-electron chi connectivity index (χ0n) is 9.57. The van der Waals surface area contributed by atoms with Crippen LogP contribution in [0.5, 0.6) is 11.5 Å². The second-order valence-corrected chi connectivity index (χ2v) is 3.45. The van der Waals surface area contributed by atoms with Gasteiger partial charge in [-0.3, -0.25) is 4.79 Å². The molecule has 0 unspecified atom stereocenters. The van der Waals surface area contributed by atoms with Gasteiger partial charge < -0.3 is 20.3 Å². The van der Waals surface area contributed by atoms with Crippen molar-refractivity contribution in [3.05, 3.63) is 23.5 Å². The van der Waals surface area contributed by atoms with Crippen LogP contribution in [0, 0.1) is 5.82 Å². The SMILES string of the molecule is COc1cc(F)c(C[C@@H](N)C(=O)O)cc1OC. The quantitative estimate of drug-likeness (QED) is 0.799. The number of benzene rings is 1. The van der Waals surface area contributed by atoms with Crippen molar-refractivity contribution in [2.75, 3.05) is 14.2 Å². The lowest BCUT2D eigenvalue weighted by molar-refractivity contribution is -0.138. The minimum Gasteiger partial charge on any atom is -0.493 e. The summed E-state index contributed by atoms with van der Waals surface area (Å²) in [6.07, 6.45) is -0.110. The van der Waals surface area contributed by atoms with Gasteiger partial charge in [0.25, 0.3) is 0 Å². The van der Waals surface area contributed by atoms with Gasteiger partial charge in [0, 0.05) is 12.5 Å². The van der Waals surface area contributed by atoms with Crippen LogP contribution in [0.1, 0.15) is 5.56 Å². The van der Waals surface area contributed by atoms with E-state index in [1.54, 1.807) is 0 Å². The molecule has 0 amide bonds. The molecule has 1 atom stereocenters. The number of hydrogen-bond acceptors (Lipinski definition) is 4. The Labute approximate surface area is 97.9 Å². The van der Waals surface area contributed by atoms with E-state index in [-0.39, 0.29) is 17.7 Å². The Morgan fingerprint density at radius 2 is 1.94 bits per heavy atom. The van der Waals surface area contributed by atoms with Crippen molar-refractivity contribution in [3.63, 3.8) is 0 Å². The number of carboxylic acid groups (broad SMARTS) is 1. The zero-order valence-corrected chi connectivity index (χ0v) is 9.57. The zero-order chi connectivity index (χ0) is 13.0. The van der Waals surface area contributed by atoms with Crippen molar-refractivity contribution in [2.45, 2.75) is 12.5 Å². The van der Waals surface area contributed by atoms with Crippen LogP contribution in [-0.2, 0) is 11.2 Å². The van der Waals surface area contributed by atoms with Gasteiger partial charge >= 0.3 is 5.97 Å². The van der Waals surface area contributed by atoms with Crippen LogP contribution in [-0.4, -0.2) is 31.3 Å². The topological polar surface area (TPSA) is 81.8 Å². The number of methoxy groups -OCH3 is 2. The Hall–Kier alpha value is -1.82. The first kappa shape index (κ1) is 13.2. The van der Waals surface area contributed by atoms with Gasteiger partial charge in [0.15, 0.2) is 11.5 Å². The predicted octanol–water partition coefficient (Wildman–Crippen LogP) is 0.797. The number of aliphatic carboxylic acids is 1. The molecule has 0 heterocycles. The maximum atomic E-state index is 13.6. The van der Waals surface area contributed by atoms with Gasteiger partial charge in [-0.2, -0.15) is 0 Å². The number of carboxylic acids is 1. The number of rotatable bonds is 5. The van der Waals surface area contributed by atoms with Crippen LogP contribution in [0.15, 0.2) is 12.1 Å². The molecular weight excluding hydrogens is 229 g/mol. The lowest BCUT2D eigenvalue weighted by Gasteiger charge is -2.12. The second kappa shape index (κ2) is 5.49. The maximum Gasteiger partial charge on any atom is 0.320 e. The smallest absolute Gasteiger partial charge is 0.320 e. The standard InChI is InChI=1S/C11H14FNO4/c1-16-9-4-6(3-8(13)11(14)15)7(12)5-10(9)17-2/h4-5,8H,3,13H2,1-2H3,(H,14,15)/t8-/m1/s1. The summed E-state index contributed by atoms with van der Waals surface area (Å²) in [4.78, 5) is 10.6. The van der Waals surface area contributed by atoms with Crippen LogP contribution in [0.25, 0.3) is 0 Å². The molecule has 0 saturated carbocycles. The predicted molar refractivity (Wildman–Crippen MR) is 58.8 cm³/mol. The molecule has 0 aliphatic heterocycles. The molecule has 1 rings (SSSR count). The Bertz CT molecular complexity index is 422. The first-order valence-electron chi connectivity index (χ1n) is 4.88. The molecule has 0 radical (unpaired) electrons. The molecule has 1 aromatic carbocycles. The highest BCUT2D eigenvalue weighted by Gasteiger charge is 2.17. The molecule has 1 aromatic rings. The molecule has 5 nitrogen and oxygen atoms in total. The summed E-state index contributed by atoms with van der Waals surface area (Å²) in [5, 5.41) is 8.66. The average Bonchev–Trinajstić information content (AvgIpc) is 2.30. The summed E-state index contributed by atoms with van der Waals surface area (Å²) in [6, 6.07) is 1.38. The Morgan fingerprint density at radius 1 is 1.41 bits per heavy atom. The second-order valence-electron chi connectivity index (χ2n) is 3.45. The molecule has 0 aliphatic rings. The largest absolute Gasteiger partial charge is 0.493 e. The third-order valence-electron chi connectivity index (χ3n) is 2.31. The molecule has 0 aromatic heterocycles. The third-order valence-corrected chi connectivity index (χ3v) is 2.31. The monoisotopic (exact) mass is 243 g/mol. The molecule has 0 spiro atoms. The Morgan fingerprint density at radius 3 is 2.41 bits per heavy atom. The summed E-state index contributed by atoms with van der Waals surface area (Å²) in [5.74, 6) is -1.17. The lowest BCUT2D eigenvalue weighted by Crippen LogP contribution is -2.32. The minimum absolute atomic E-state index is 0.110. The van der Waals surface area contributed by atoms with Crippen molar-refractivity contribution >= 4 is 5.97 Å². The molecule has 0 fully saturated rings. The summed E-state index contributed by atoms with van der Waals surface area (Å²) < 4.78 is 23.5. The fourth-order valence-electron chi connectivity index (χ4n) is 1.38. The fraction of sp³-hybridized carbons (Fsp3) is 0.364. The van der Waals surface area contributed by atoms with E-state index in [4.69, 9.17) is 20.3 Å². The van der Waals surface area contributed by atoms with Crippen molar-refractivity contribution < 1.29 is 23.8 Å². The van der Waals surface area contributed by atoms with Gasteiger partial charge in [0.05, 0.1) is 14.2 Å². The summed E-state index contributed by atoms with van der Waals surface area (Å²) in [7, 11) is 2.80. The normalized spacial score (nSPS) is 12.0. The van der Waals surface area contributed by atoms with Crippen molar-refractivity contribution in [1.82, 2.24) is 0 Å². The van der Waals surface area contributed by atoms with E-state index in [0.717, 1.165) is 6.07 Å². The van der Waals surface area contributed by atoms with Gasteiger partial charge in [-0.25, -0.2) is 4.39 Å². The fourth-order valence-corrected chi connectivity index (χ4v) is 1.38. The van der Waals surface area contributed by atoms with Crippen molar-refractivity contribution in [2.24, 2.45) is 5.73 Å². The molecule has 0 saturated heterocycles. The van der Waals surface area contributed by atoms with E-state index >= 15 is 0 Å². The van der Waals surface area contributed by atoms with E-state index in [9.17, 15) is 9.18 Å². The molecule has 6 heteroatoms. The molecular formula is C11H14FNO4. The maximum absolute atomic E-state index is 13.6. The van der Waals surface area contributed by atoms with Crippen molar-refractivity contribution in [3.8, 4) is 11.5 Å². The highest BCUT2D eigenvalue weighted by molar-refractivity contribution is 5.73. The third kappa shape index (κ3) is 3.07. The van der Waals surface area contributed by atoms with Gasteiger partial charge in [-0.15, -0.1) is 0 Å². The van der Waals surface area contributed by atoms with E-state index < -0.39 is 17.8 Å². The Balaban J connectivity index is 3.04. The van der Waals surface area contributed by atoms with E-state index in [0.29, 0.717) is 5.75 Å².